The van der Waals surface area contributed by atoms with Crippen LogP contribution in [0.1, 0.15) is 22.0 Å². The third kappa shape index (κ3) is 3.00. The van der Waals surface area contributed by atoms with Crippen molar-refractivity contribution in [1.82, 2.24) is 4.98 Å². The molecule has 0 bridgehead atoms. The van der Waals surface area contributed by atoms with Crippen LogP contribution in [0.25, 0.3) is 0 Å². The first-order valence-corrected chi connectivity index (χ1v) is 5.73. The third-order valence-corrected chi connectivity index (χ3v) is 2.76. The van der Waals surface area contributed by atoms with Gasteiger partial charge in [0.15, 0.2) is 11.8 Å². The second-order valence-electron chi connectivity index (χ2n) is 3.79. The van der Waals surface area contributed by atoms with Crippen LogP contribution in [0, 0.1) is 10.7 Å². The molecule has 0 N–H and O–H groups in total. The molecule has 4 nitrogen and oxygen atoms in total. The van der Waals surface area contributed by atoms with Gasteiger partial charge in [-0.2, -0.15) is 0 Å². The van der Waals surface area contributed by atoms with E-state index in [1.165, 1.54) is 30.5 Å². The molecule has 1 heterocycles. The van der Waals surface area contributed by atoms with Crippen molar-refractivity contribution >= 4 is 17.4 Å². The van der Waals surface area contributed by atoms with Crippen molar-refractivity contribution in [3.8, 4) is 0 Å². The Bertz CT molecular complexity index is 616. The average Bonchev–Trinajstić information content (AvgIpc) is 2.40. The van der Waals surface area contributed by atoms with Crippen LogP contribution in [-0.2, 0) is 0 Å². The molecule has 2 rings (SSSR count). The van der Waals surface area contributed by atoms with Crippen molar-refractivity contribution in [2.24, 2.45) is 5.18 Å². The lowest BCUT2D eigenvalue weighted by atomic mass is 9.99. The number of ketones is 1. The maximum atomic E-state index is 12.8. The Labute approximate surface area is 113 Å². The zero-order chi connectivity index (χ0) is 13.8. The van der Waals surface area contributed by atoms with E-state index in [0.29, 0.717) is 5.56 Å². The summed E-state index contributed by atoms with van der Waals surface area (Å²) in [4.78, 5) is 26.8. The normalized spacial score (nSPS) is 11.9. The minimum absolute atomic E-state index is 0.165. The molecular weight excluding hydrogens is 271 g/mol. The number of benzene rings is 1. The van der Waals surface area contributed by atoms with Crippen molar-refractivity contribution in [3.05, 3.63) is 69.6 Å². The lowest BCUT2D eigenvalue weighted by molar-refractivity contribution is 0.0962. The van der Waals surface area contributed by atoms with Crippen molar-refractivity contribution in [2.75, 3.05) is 0 Å². The van der Waals surface area contributed by atoms with Gasteiger partial charge in [-0.3, -0.25) is 4.79 Å². The molecule has 0 amide bonds. The number of rotatable bonds is 4. The molecule has 0 aliphatic carbocycles. The van der Waals surface area contributed by atoms with Gasteiger partial charge in [0, 0.05) is 11.8 Å². The standard InChI is InChI=1S/C13H8ClFN2O2/c14-11-7-9(5-6-16-11)12(17-19)13(18)8-1-3-10(15)4-2-8/h1-7,12H. The van der Waals surface area contributed by atoms with Crippen molar-refractivity contribution in [1.29, 1.82) is 0 Å². The predicted octanol–water partition coefficient (Wildman–Crippen LogP) is 3.56. The molecule has 96 valence electrons. The van der Waals surface area contributed by atoms with Crippen LogP contribution in [-0.4, -0.2) is 10.8 Å². The van der Waals surface area contributed by atoms with E-state index in [1.54, 1.807) is 0 Å². The van der Waals surface area contributed by atoms with E-state index in [2.05, 4.69) is 10.2 Å². The first kappa shape index (κ1) is 13.3. The van der Waals surface area contributed by atoms with Gasteiger partial charge >= 0.3 is 0 Å². The topological polar surface area (TPSA) is 59.4 Å². The second kappa shape index (κ2) is 5.67. The minimum atomic E-state index is -1.22. The SMILES string of the molecule is O=NC(C(=O)c1ccc(F)cc1)c1ccnc(Cl)c1. The molecular formula is C13H8ClFN2O2. The number of pyridine rings is 1. The molecule has 0 radical (unpaired) electrons. The molecule has 0 saturated carbocycles. The fraction of sp³-hybridized carbons (Fsp3) is 0.0769. The van der Waals surface area contributed by atoms with Crippen molar-refractivity contribution in [2.45, 2.75) is 6.04 Å². The predicted molar refractivity (Wildman–Crippen MR) is 68.5 cm³/mol. The highest BCUT2D eigenvalue weighted by Gasteiger charge is 2.23. The summed E-state index contributed by atoms with van der Waals surface area (Å²) in [6.07, 6.45) is 1.38. The summed E-state index contributed by atoms with van der Waals surface area (Å²) in [5.74, 6) is -0.976. The summed E-state index contributed by atoms with van der Waals surface area (Å²) in [5.41, 5.74) is 0.559. The molecule has 0 spiro atoms. The fourth-order valence-corrected chi connectivity index (χ4v) is 1.80. The summed E-state index contributed by atoms with van der Waals surface area (Å²) in [6, 6.07) is 6.57. The van der Waals surface area contributed by atoms with Crippen LogP contribution in [0.4, 0.5) is 4.39 Å². The fourth-order valence-electron chi connectivity index (χ4n) is 1.62. The molecule has 0 fully saturated rings. The maximum absolute atomic E-state index is 12.8. The van der Waals surface area contributed by atoms with Gasteiger partial charge in [0.2, 0.25) is 0 Å². The van der Waals surface area contributed by atoms with E-state index < -0.39 is 17.6 Å². The summed E-state index contributed by atoms with van der Waals surface area (Å²) >= 11 is 5.70. The number of nitroso groups, excluding NO2 is 1. The van der Waals surface area contributed by atoms with Gasteiger partial charge in [-0.25, -0.2) is 9.37 Å². The Morgan fingerprint density at radius 3 is 2.53 bits per heavy atom. The first-order valence-electron chi connectivity index (χ1n) is 5.35. The Morgan fingerprint density at radius 1 is 1.26 bits per heavy atom. The van der Waals surface area contributed by atoms with E-state index >= 15 is 0 Å². The van der Waals surface area contributed by atoms with Gasteiger partial charge in [0.05, 0.1) is 0 Å². The van der Waals surface area contributed by atoms with Crippen LogP contribution in [0.2, 0.25) is 5.15 Å². The highest BCUT2D eigenvalue weighted by Crippen LogP contribution is 2.23. The molecule has 6 heteroatoms. The molecule has 19 heavy (non-hydrogen) atoms. The number of Topliss-reactive ketones (excluding diaryl/α,β-unsaturated/α-hetero) is 1. The van der Waals surface area contributed by atoms with Gasteiger partial charge in [-0.1, -0.05) is 16.8 Å². The van der Waals surface area contributed by atoms with E-state index in [1.807, 2.05) is 0 Å². The summed E-state index contributed by atoms with van der Waals surface area (Å²) in [6.45, 7) is 0. The average molecular weight is 279 g/mol. The first-order chi connectivity index (χ1) is 9.11. The number of halogens is 2. The Balaban J connectivity index is 2.34. The number of carbonyl (C=O) groups is 1. The third-order valence-electron chi connectivity index (χ3n) is 2.55. The van der Waals surface area contributed by atoms with E-state index in [4.69, 9.17) is 11.6 Å². The molecule has 1 unspecified atom stereocenters. The van der Waals surface area contributed by atoms with Crippen molar-refractivity contribution < 1.29 is 9.18 Å². The quantitative estimate of drug-likeness (QED) is 0.488. The highest BCUT2D eigenvalue weighted by atomic mass is 35.5. The van der Waals surface area contributed by atoms with Crippen LogP contribution >= 0.6 is 11.6 Å². The van der Waals surface area contributed by atoms with E-state index in [0.717, 1.165) is 12.1 Å². The summed E-state index contributed by atoms with van der Waals surface area (Å²) in [5, 5.41) is 2.98. The van der Waals surface area contributed by atoms with Crippen molar-refractivity contribution in [3.63, 3.8) is 0 Å². The second-order valence-corrected chi connectivity index (χ2v) is 4.18. The summed E-state index contributed by atoms with van der Waals surface area (Å²) < 4.78 is 12.8. The molecule has 0 aliphatic rings. The zero-order valence-electron chi connectivity index (χ0n) is 9.59. The Kier molecular flexibility index (Phi) is 3.97. The molecule has 0 saturated heterocycles. The van der Waals surface area contributed by atoms with Gasteiger partial charge < -0.3 is 0 Å². The maximum Gasteiger partial charge on any atom is 0.195 e. The number of hydrogen-bond acceptors (Lipinski definition) is 4. The van der Waals surface area contributed by atoms with Gasteiger partial charge in [-0.15, -0.1) is 4.91 Å². The van der Waals surface area contributed by atoms with Crippen LogP contribution < -0.4 is 0 Å². The number of nitrogens with zero attached hydrogens (tertiary/aromatic N) is 2. The molecule has 1 aromatic carbocycles. The molecule has 1 atom stereocenters. The van der Waals surface area contributed by atoms with Crippen LogP contribution in [0.5, 0.6) is 0 Å². The summed E-state index contributed by atoms with van der Waals surface area (Å²) in [7, 11) is 0. The largest absolute Gasteiger partial charge is 0.291 e. The van der Waals surface area contributed by atoms with Crippen LogP contribution in [0.3, 0.4) is 0 Å². The Morgan fingerprint density at radius 2 is 1.95 bits per heavy atom. The van der Waals surface area contributed by atoms with Gasteiger partial charge in [-0.05, 0) is 42.0 Å². The minimum Gasteiger partial charge on any atom is -0.291 e. The van der Waals surface area contributed by atoms with Crippen LogP contribution in [0.15, 0.2) is 47.8 Å². The number of carbonyl (C=O) groups excluding carboxylic acids is 1. The van der Waals surface area contributed by atoms with E-state index in [-0.39, 0.29) is 10.7 Å². The highest BCUT2D eigenvalue weighted by molar-refractivity contribution is 6.29. The number of hydrogen-bond donors (Lipinski definition) is 0. The monoisotopic (exact) mass is 278 g/mol. The zero-order valence-corrected chi connectivity index (χ0v) is 10.3. The molecule has 2 aromatic rings. The number of aromatic nitrogens is 1. The molecule has 0 aliphatic heterocycles. The lowest BCUT2D eigenvalue weighted by Crippen LogP contribution is -2.10. The smallest absolute Gasteiger partial charge is 0.195 e. The lowest BCUT2D eigenvalue weighted by Gasteiger charge is -2.08. The molecule has 1 aromatic heterocycles. The van der Waals surface area contributed by atoms with Gasteiger partial charge in [0.25, 0.3) is 0 Å². The van der Waals surface area contributed by atoms with Gasteiger partial charge in [0.1, 0.15) is 11.0 Å². The Hall–Kier alpha value is -2.14. The van der Waals surface area contributed by atoms with E-state index in [9.17, 15) is 14.1 Å².